The minimum atomic E-state index is -0.267. The van der Waals surface area contributed by atoms with Crippen molar-refractivity contribution in [2.75, 3.05) is 0 Å². The second kappa shape index (κ2) is 6.42. The summed E-state index contributed by atoms with van der Waals surface area (Å²) in [6.45, 7) is 8.27. The molecule has 0 bridgehead atoms. The zero-order chi connectivity index (χ0) is 13.7. The van der Waals surface area contributed by atoms with Crippen LogP contribution in [0.25, 0.3) is 0 Å². The number of aromatic nitrogens is 2. The van der Waals surface area contributed by atoms with Crippen LogP contribution in [-0.4, -0.2) is 32.9 Å². The van der Waals surface area contributed by atoms with Gasteiger partial charge < -0.3 is 14.9 Å². The minimum absolute atomic E-state index is 0.0638. The fourth-order valence-corrected chi connectivity index (χ4v) is 2.04. The van der Waals surface area contributed by atoms with Crippen LogP contribution in [0, 0.1) is 0 Å². The van der Waals surface area contributed by atoms with Gasteiger partial charge in [-0.3, -0.25) is 4.79 Å². The van der Waals surface area contributed by atoms with Gasteiger partial charge in [-0.25, -0.2) is 4.79 Å². The first-order valence-electron chi connectivity index (χ1n) is 6.57. The van der Waals surface area contributed by atoms with Crippen LogP contribution in [-0.2, 0) is 11.2 Å². The monoisotopic (exact) mass is 253 g/mol. The summed E-state index contributed by atoms with van der Waals surface area (Å²) in [6.07, 6.45) is 3.67. The van der Waals surface area contributed by atoms with Crippen molar-refractivity contribution in [3.05, 3.63) is 22.4 Å². The number of H-pyrrole nitrogens is 2. The molecule has 102 valence electrons. The maximum atomic E-state index is 12.3. The summed E-state index contributed by atoms with van der Waals surface area (Å²) < 4.78 is 0. The number of amides is 1. The quantitative estimate of drug-likeness (QED) is 0.809. The zero-order valence-corrected chi connectivity index (χ0v) is 11.6. The van der Waals surface area contributed by atoms with E-state index in [0.717, 1.165) is 12.8 Å². The number of carbonyl (C=O) groups is 1. The first-order chi connectivity index (χ1) is 8.49. The van der Waals surface area contributed by atoms with Crippen molar-refractivity contribution in [2.24, 2.45) is 0 Å². The van der Waals surface area contributed by atoms with E-state index in [1.165, 1.54) is 0 Å². The molecule has 2 unspecified atom stereocenters. The second-order valence-corrected chi connectivity index (χ2v) is 4.76. The first-order valence-corrected chi connectivity index (χ1v) is 6.57. The summed E-state index contributed by atoms with van der Waals surface area (Å²) in [4.78, 5) is 30.4. The molecule has 1 rings (SSSR count). The summed E-state index contributed by atoms with van der Waals surface area (Å²) in [7, 11) is 0. The molecule has 18 heavy (non-hydrogen) atoms. The summed E-state index contributed by atoms with van der Waals surface area (Å²) in [5.41, 5.74) is 0.373. The molecule has 1 aromatic heterocycles. The van der Waals surface area contributed by atoms with Gasteiger partial charge in [-0.05, 0) is 26.7 Å². The third kappa shape index (κ3) is 3.48. The summed E-state index contributed by atoms with van der Waals surface area (Å²) in [6, 6.07) is 0.441. The summed E-state index contributed by atoms with van der Waals surface area (Å²) in [5.74, 6) is 0.0638. The van der Waals surface area contributed by atoms with E-state index in [-0.39, 0.29) is 30.1 Å². The molecule has 0 spiro atoms. The van der Waals surface area contributed by atoms with Crippen LogP contribution in [0.3, 0.4) is 0 Å². The number of hydrogen-bond donors (Lipinski definition) is 2. The van der Waals surface area contributed by atoms with E-state index in [9.17, 15) is 9.59 Å². The Bertz CT molecular complexity index is 425. The highest BCUT2D eigenvalue weighted by atomic mass is 16.2. The molecule has 1 aromatic rings. The molecule has 2 atom stereocenters. The highest BCUT2D eigenvalue weighted by Gasteiger charge is 2.23. The van der Waals surface area contributed by atoms with Crippen LogP contribution in [0.2, 0.25) is 0 Å². The second-order valence-electron chi connectivity index (χ2n) is 4.76. The van der Waals surface area contributed by atoms with Crippen LogP contribution in [0.4, 0.5) is 0 Å². The molecule has 1 heterocycles. The third-order valence-electron chi connectivity index (χ3n) is 3.41. The van der Waals surface area contributed by atoms with Crippen LogP contribution >= 0.6 is 0 Å². The lowest BCUT2D eigenvalue weighted by atomic mass is 10.1. The Kier molecular flexibility index (Phi) is 5.19. The average molecular weight is 253 g/mol. The maximum absolute atomic E-state index is 12.3. The Morgan fingerprint density at radius 1 is 1.28 bits per heavy atom. The van der Waals surface area contributed by atoms with Gasteiger partial charge in [0.15, 0.2) is 0 Å². The normalized spacial score (nSPS) is 14.2. The number of carbonyl (C=O) groups excluding carboxylic acids is 1. The topological polar surface area (TPSA) is 69.0 Å². The highest BCUT2D eigenvalue weighted by molar-refractivity contribution is 5.78. The van der Waals surface area contributed by atoms with Gasteiger partial charge in [0.05, 0.1) is 6.42 Å². The van der Waals surface area contributed by atoms with Gasteiger partial charge in [-0.15, -0.1) is 0 Å². The molecule has 5 heteroatoms. The van der Waals surface area contributed by atoms with Crippen LogP contribution in [0.5, 0.6) is 0 Å². The average Bonchev–Trinajstić information content (AvgIpc) is 2.74. The number of nitrogens with zero attached hydrogens (tertiary/aromatic N) is 1. The lowest BCUT2D eigenvalue weighted by Crippen LogP contribution is -2.45. The molecular weight excluding hydrogens is 230 g/mol. The van der Waals surface area contributed by atoms with Gasteiger partial charge in [-0.1, -0.05) is 13.8 Å². The number of imidazole rings is 1. The Hall–Kier alpha value is -1.52. The van der Waals surface area contributed by atoms with Crippen molar-refractivity contribution in [1.29, 1.82) is 0 Å². The molecule has 5 nitrogen and oxygen atoms in total. The van der Waals surface area contributed by atoms with Crippen molar-refractivity contribution in [3.8, 4) is 0 Å². The van der Waals surface area contributed by atoms with E-state index in [1.807, 2.05) is 4.90 Å². The van der Waals surface area contributed by atoms with Crippen LogP contribution in [0.15, 0.2) is 11.0 Å². The number of nitrogens with one attached hydrogen (secondary N) is 2. The summed E-state index contributed by atoms with van der Waals surface area (Å²) in [5, 5.41) is 0. The van der Waals surface area contributed by atoms with Crippen LogP contribution < -0.4 is 5.69 Å². The smallest absolute Gasteiger partial charge is 0.323 e. The molecule has 0 saturated heterocycles. The van der Waals surface area contributed by atoms with Crippen molar-refractivity contribution in [3.63, 3.8) is 0 Å². The van der Waals surface area contributed by atoms with Gasteiger partial charge in [-0.2, -0.15) is 0 Å². The lowest BCUT2D eigenvalue weighted by molar-refractivity contribution is -0.135. The molecule has 0 aliphatic heterocycles. The van der Waals surface area contributed by atoms with E-state index in [4.69, 9.17) is 0 Å². The molecule has 0 aromatic carbocycles. The fourth-order valence-electron chi connectivity index (χ4n) is 2.04. The predicted octanol–water partition coefficient (Wildman–Crippen LogP) is 1.67. The van der Waals surface area contributed by atoms with Crippen molar-refractivity contribution in [2.45, 2.75) is 59.0 Å². The van der Waals surface area contributed by atoms with E-state index in [0.29, 0.717) is 5.69 Å². The number of rotatable bonds is 6. The Balaban J connectivity index is 2.79. The minimum Gasteiger partial charge on any atom is -0.337 e. The van der Waals surface area contributed by atoms with Crippen LogP contribution in [0.1, 0.15) is 46.2 Å². The van der Waals surface area contributed by atoms with E-state index < -0.39 is 0 Å². The van der Waals surface area contributed by atoms with Gasteiger partial charge in [0.25, 0.3) is 0 Å². The predicted molar refractivity (Wildman–Crippen MR) is 71.5 cm³/mol. The third-order valence-corrected chi connectivity index (χ3v) is 3.41. The van der Waals surface area contributed by atoms with Gasteiger partial charge in [0, 0.05) is 24.0 Å². The van der Waals surface area contributed by atoms with Gasteiger partial charge in [0.1, 0.15) is 0 Å². The molecule has 2 N–H and O–H groups in total. The number of aromatic amines is 2. The molecule has 0 aliphatic carbocycles. The molecule has 0 fully saturated rings. The Labute approximate surface area is 108 Å². The van der Waals surface area contributed by atoms with Gasteiger partial charge in [0.2, 0.25) is 5.91 Å². The first kappa shape index (κ1) is 14.5. The molecule has 0 aliphatic rings. The SMILES string of the molecule is CCC(C)N(C(=O)Cc1c[nH]c(=O)[nH]1)C(C)CC. The molecule has 1 amide bonds. The van der Waals surface area contributed by atoms with E-state index in [1.54, 1.807) is 6.20 Å². The molecular formula is C13H23N3O2. The van der Waals surface area contributed by atoms with Crippen molar-refractivity contribution >= 4 is 5.91 Å². The van der Waals surface area contributed by atoms with Gasteiger partial charge >= 0.3 is 5.69 Å². The van der Waals surface area contributed by atoms with Crippen molar-refractivity contribution in [1.82, 2.24) is 14.9 Å². The summed E-state index contributed by atoms with van der Waals surface area (Å²) >= 11 is 0. The molecule has 0 saturated carbocycles. The van der Waals surface area contributed by atoms with Crippen molar-refractivity contribution < 1.29 is 4.79 Å². The lowest BCUT2D eigenvalue weighted by Gasteiger charge is -2.34. The highest BCUT2D eigenvalue weighted by Crippen LogP contribution is 2.13. The number of hydrogen-bond acceptors (Lipinski definition) is 2. The largest absolute Gasteiger partial charge is 0.337 e. The zero-order valence-electron chi connectivity index (χ0n) is 11.6. The van der Waals surface area contributed by atoms with E-state index in [2.05, 4.69) is 37.7 Å². The molecule has 0 radical (unpaired) electrons. The Morgan fingerprint density at radius 3 is 2.22 bits per heavy atom. The van der Waals surface area contributed by atoms with E-state index >= 15 is 0 Å². The fraction of sp³-hybridized carbons (Fsp3) is 0.692. The Morgan fingerprint density at radius 2 is 1.83 bits per heavy atom. The maximum Gasteiger partial charge on any atom is 0.323 e. The standard InChI is InChI=1S/C13H23N3O2/c1-5-9(3)16(10(4)6-2)12(17)7-11-8-14-13(18)15-11/h8-10H,5-7H2,1-4H3,(H2,14,15,18).